The Morgan fingerprint density at radius 3 is 2.61 bits per heavy atom. The van der Waals surface area contributed by atoms with Crippen LogP contribution >= 0.6 is 0 Å². The molecule has 2 rings (SSSR count). The Kier molecular flexibility index (Phi) is 7.45. The van der Waals surface area contributed by atoms with Crippen LogP contribution in [0.4, 0.5) is 0 Å². The predicted molar refractivity (Wildman–Crippen MR) is 115 cm³/mol. The van der Waals surface area contributed by atoms with E-state index in [1.807, 2.05) is 18.5 Å². The maximum Gasteiger partial charge on any atom is 0.191 e. The summed E-state index contributed by atoms with van der Waals surface area (Å²) in [6, 6.07) is 7.67. The van der Waals surface area contributed by atoms with E-state index in [0.29, 0.717) is 12.1 Å². The second kappa shape index (κ2) is 9.40. The monoisotopic (exact) mass is 399 g/mol. The standard InChI is InChI=1S/C22H33N3O2Si/c1-22(2,3)28(5,6)27-12-8-7-9-20-16-25(17-24-20)15-19-11-10-18(14-23)13-21(19)26-4/h10-11,13,16-17H,7-9,12,15H2,1-6H3. The lowest BCUT2D eigenvalue weighted by Crippen LogP contribution is -2.40. The largest absolute Gasteiger partial charge is 0.496 e. The van der Waals surface area contributed by atoms with Gasteiger partial charge in [0.15, 0.2) is 8.32 Å². The summed E-state index contributed by atoms with van der Waals surface area (Å²) in [5, 5.41) is 9.28. The molecule has 0 N–H and O–H groups in total. The molecule has 1 aromatic heterocycles. The number of aromatic nitrogens is 2. The average Bonchev–Trinajstić information content (AvgIpc) is 3.08. The van der Waals surface area contributed by atoms with Crippen LogP contribution in [0.5, 0.6) is 5.75 Å². The first-order valence-corrected chi connectivity index (χ1v) is 12.8. The van der Waals surface area contributed by atoms with Gasteiger partial charge in [-0.2, -0.15) is 5.26 Å². The first-order valence-electron chi connectivity index (χ1n) is 9.88. The van der Waals surface area contributed by atoms with E-state index in [1.54, 1.807) is 13.2 Å². The van der Waals surface area contributed by atoms with Crippen molar-refractivity contribution in [3.05, 3.63) is 47.5 Å². The minimum absolute atomic E-state index is 0.262. The summed E-state index contributed by atoms with van der Waals surface area (Å²) in [6.07, 6.45) is 7.04. The molecule has 1 heterocycles. The van der Waals surface area contributed by atoms with E-state index in [4.69, 9.17) is 14.4 Å². The van der Waals surface area contributed by atoms with Crippen molar-refractivity contribution in [2.24, 2.45) is 0 Å². The molecule has 1 aromatic carbocycles. The molecule has 0 aliphatic carbocycles. The lowest BCUT2D eigenvalue weighted by atomic mass is 10.1. The molecule has 0 spiro atoms. The summed E-state index contributed by atoms with van der Waals surface area (Å²) in [7, 11) is -0.0109. The fourth-order valence-corrected chi connectivity index (χ4v) is 3.80. The van der Waals surface area contributed by atoms with Gasteiger partial charge in [-0.05, 0) is 49.5 Å². The van der Waals surface area contributed by atoms with Gasteiger partial charge in [0.25, 0.3) is 0 Å². The fourth-order valence-electron chi connectivity index (χ4n) is 2.72. The quantitative estimate of drug-likeness (QED) is 0.432. The van der Waals surface area contributed by atoms with Crippen LogP contribution in [0.15, 0.2) is 30.7 Å². The Balaban J connectivity index is 1.83. The molecule has 0 saturated carbocycles. The van der Waals surface area contributed by atoms with Crippen LogP contribution in [0.1, 0.15) is 50.4 Å². The van der Waals surface area contributed by atoms with Crippen molar-refractivity contribution in [2.45, 2.75) is 64.7 Å². The van der Waals surface area contributed by atoms with Crippen molar-refractivity contribution < 1.29 is 9.16 Å². The Hall–Kier alpha value is -2.10. The van der Waals surface area contributed by atoms with Crippen molar-refractivity contribution in [3.63, 3.8) is 0 Å². The summed E-state index contributed by atoms with van der Waals surface area (Å²) in [6.45, 7) is 12.9. The maximum atomic E-state index is 9.02. The number of imidazole rings is 1. The van der Waals surface area contributed by atoms with Gasteiger partial charge < -0.3 is 13.7 Å². The van der Waals surface area contributed by atoms with Gasteiger partial charge in [-0.15, -0.1) is 0 Å². The Morgan fingerprint density at radius 1 is 1.21 bits per heavy atom. The van der Waals surface area contributed by atoms with Crippen LogP contribution in [0, 0.1) is 11.3 Å². The number of hydrogen-bond acceptors (Lipinski definition) is 4. The first-order chi connectivity index (χ1) is 13.2. The summed E-state index contributed by atoms with van der Waals surface area (Å²) in [4.78, 5) is 4.52. The number of nitriles is 1. The molecular weight excluding hydrogens is 366 g/mol. The van der Waals surface area contributed by atoms with E-state index in [9.17, 15) is 0 Å². The number of ether oxygens (including phenoxy) is 1. The highest BCUT2D eigenvalue weighted by atomic mass is 28.4. The molecule has 152 valence electrons. The molecule has 0 unspecified atom stereocenters. The SMILES string of the molecule is COc1cc(C#N)ccc1Cn1cnc(CCCCO[Si](C)(C)C(C)(C)C)c1. The van der Waals surface area contributed by atoms with Crippen LogP contribution in [0.3, 0.4) is 0 Å². The van der Waals surface area contributed by atoms with E-state index in [0.717, 1.165) is 42.9 Å². The first kappa shape index (κ1) is 22.2. The number of nitrogens with zero attached hydrogens (tertiary/aromatic N) is 3. The second-order valence-electron chi connectivity index (χ2n) is 8.74. The molecule has 0 aliphatic heterocycles. The van der Waals surface area contributed by atoms with Crippen molar-refractivity contribution in [1.82, 2.24) is 9.55 Å². The van der Waals surface area contributed by atoms with Crippen LogP contribution in [0.2, 0.25) is 18.1 Å². The van der Waals surface area contributed by atoms with Gasteiger partial charge in [0.1, 0.15) is 5.75 Å². The molecule has 0 radical (unpaired) electrons. The normalized spacial score (nSPS) is 12.0. The molecule has 5 nitrogen and oxygen atoms in total. The van der Waals surface area contributed by atoms with Crippen molar-refractivity contribution in [3.8, 4) is 11.8 Å². The summed E-state index contributed by atoms with van der Waals surface area (Å²) < 4.78 is 13.7. The average molecular weight is 400 g/mol. The van der Waals surface area contributed by atoms with Crippen LogP contribution in [0.25, 0.3) is 0 Å². The number of aryl methyl sites for hydroxylation is 1. The number of rotatable bonds is 9. The number of benzene rings is 1. The third-order valence-corrected chi connectivity index (χ3v) is 10.1. The molecule has 0 amide bonds. The third-order valence-electron chi connectivity index (χ3n) is 5.55. The second-order valence-corrected chi connectivity index (χ2v) is 13.6. The lowest BCUT2D eigenvalue weighted by Gasteiger charge is -2.36. The van der Waals surface area contributed by atoms with Gasteiger partial charge >= 0.3 is 0 Å². The van der Waals surface area contributed by atoms with E-state index in [2.05, 4.69) is 55.7 Å². The number of unbranched alkanes of at least 4 members (excludes halogenated alkanes) is 1. The Morgan fingerprint density at radius 2 is 1.96 bits per heavy atom. The van der Waals surface area contributed by atoms with Crippen molar-refractivity contribution >= 4 is 8.32 Å². The van der Waals surface area contributed by atoms with E-state index >= 15 is 0 Å². The van der Waals surface area contributed by atoms with Gasteiger partial charge in [-0.25, -0.2) is 4.98 Å². The molecule has 2 aromatic rings. The molecular formula is C22H33N3O2Si. The van der Waals surface area contributed by atoms with Crippen LogP contribution < -0.4 is 4.74 Å². The van der Waals surface area contributed by atoms with E-state index in [1.165, 1.54) is 0 Å². The highest BCUT2D eigenvalue weighted by Gasteiger charge is 2.36. The highest BCUT2D eigenvalue weighted by Crippen LogP contribution is 2.36. The topological polar surface area (TPSA) is 60.1 Å². The zero-order chi connectivity index (χ0) is 20.8. The third kappa shape index (κ3) is 5.95. The zero-order valence-electron chi connectivity index (χ0n) is 18.1. The predicted octanol–water partition coefficient (Wildman–Crippen LogP) is 5.16. The van der Waals surface area contributed by atoms with E-state index in [-0.39, 0.29) is 5.04 Å². The van der Waals surface area contributed by atoms with E-state index < -0.39 is 8.32 Å². The molecule has 0 atom stereocenters. The Labute approximate surface area is 170 Å². The maximum absolute atomic E-state index is 9.02. The smallest absolute Gasteiger partial charge is 0.191 e. The Bertz CT molecular complexity index is 816. The lowest BCUT2D eigenvalue weighted by molar-refractivity contribution is 0.279. The van der Waals surface area contributed by atoms with Crippen molar-refractivity contribution in [2.75, 3.05) is 13.7 Å². The molecule has 28 heavy (non-hydrogen) atoms. The summed E-state index contributed by atoms with van der Waals surface area (Å²) >= 11 is 0. The van der Waals surface area contributed by atoms with Gasteiger partial charge in [0.05, 0.1) is 37.3 Å². The molecule has 6 heteroatoms. The minimum atomic E-state index is -1.64. The van der Waals surface area contributed by atoms with Crippen molar-refractivity contribution in [1.29, 1.82) is 5.26 Å². The van der Waals surface area contributed by atoms with Gasteiger partial charge in [-0.1, -0.05) is 26.8 Å². The van der Waals surface area contributed by atoms with Crippen LogP contribution in [-0.4, -0.2) is 31.6 Å². The van der Waals surface area contributed by atoms with Crippen LogP contribution in [-0.2, 0) is 17.4 Å². The minimum Gasteiger partial charge on any atom is -0.496 e. The highest BCUT2D eigenvalue weighted by molar-refractivity contribution is 6.74. The summed E-state index contributed by atoms with van der Waals surface area (Å²) in [5.41, 5.74) is 2.74. The van der Waals surface area contributed by atoms with Gasteiger partial charge in [0.2, 0.25) is 0 Å². The molecule has 0 saturated heterocycles. The number of hydrogen-bond donors (Lipinski definition) is 0. The molecule has 0 fully saturated rings. The summed E-state index contributed by atoms with van der Waals surface area (Å²) in [5.74, 6) is 0.733. The molecule has 0 aliphatic rings. The molecule has 0 bridgehead atoms. The van der Waals surface area contributed by atoms with Gasteiger partial charge in [-0.3, -0.25) is 0 Å². The fraction of sp³-hybridized carbons (Fsp3) is 0.545. The zero-order valence-corrected chi connectivity index (χ0v) is 19.1. The number of methoxy groups -OCH3 is 1. The van der Waals surface area contributed by atoms with Gasteiger partial charge in [0, 0.05) is 18.4 Å².